The van der Waals surface area contributed by atoms with Crippen LogP contribution in [0.25, 0.3) is 0 Å². The first kappa shape index (κ1) is 11.7. The lowest BCUT2D eigenvalue weighted by Crippen LogP contribution is -1.98. The Labute approximate surface area is 79.6 Å². The third-order valence-electron chi connectivity index (χ3n) is 1.42. The van der Waals surface area contributed by atoms with E-state index in [9.17, 15) is 4.79 Å². The highest BCUT2D eigenvalue weighted by molar-refractivity contribution is 5.86. The van der Waals surface area contributed by atoms with E-state index in [-0.39, 0.29) is 5.97 Å². The van der Waals surface area contributed by atoms with Gasteiger partial charge in [-0.2, -0.15) is 0 Å². The zero-order chi connectivity index (χ0) is 10.1. The monoisotopic (exact) mass is 180 g/mol. The van der Waals surface area contributed by atoms with Gasteiger partial charge in [0, 0.05) is 5.57 Å². The molecule has 0 heterocycles. The zero-order valence-corrected chi connectivity index (χ0v) is 8.25. The second kappa shape index (κ2) is 7.35. The second-order valence-corrected chi connectivity index (χ2v) is 2.71. The van der Waals surface area contributed by atoms with E-state index in [2.05, 4.69) is 35.6 Å². The molecule has 1 rings (SSSR count). The highest BCUT2D eigenvalue weighted by atomic mass is 16.5. The summed E-state index contributed by atoms with van der Waals surface area (Å²) in [6, 6.07) is 0. The first-order valence-corrected chi connectivity index (χ1v) is 4.24. The number of carbonyl (C=O) groups is 1. The van der Waals surface area contributed by atoms with Crippen LogP contribution in [0.3, 0.4) is 0 Å². The van der Waals surface area contributed by atoms with Crippen molar-refractivity contribution >= 4 is 5.97 Å². The Kier molecular flexibility index (Phi) is 6.60. The van der Waals surface area contributed by atoms with E-state index in [0.717, 1.165) is 0 Å². The molecule has 72 valence electrons. The first-order valence-electron chi connectivity index (χ1n) is 4.24. The topological polar surface area (TPSA) is 26.3 Å². The molecule has 1 aliphatic carbocycles. The summed E-state index contributed by atoms with van der Waals surface area (Å²) in [5.41, 5.74) is 0.433. The molecule has 0 aliphatic heterocycles. The molecular formula is C11H16O2. The molecule has 0 spiro atoms. The Morgan fingerprint density at radius 3 is 1.85 bits per heavy atom. The van der Waals surface area contributed by atoms with Crippen LogP contribution in [0.5, 0.6) is 0 Å². The molecule has 0 atom stereocenters. The lowest BCUT2D eigenvalue weighted by Gasteiger charge is -1.91. The van der Waals surface area contributed by atoms with Crippen molar-refractivity contribution in [2.75, 3.05) is 7.11 Å². The molecule has 2 nitrogen and oxygen atoms in total. The van der Waals surface area contributed by atoms with Gasteiger partial charge < -0.3 is 4.74 Å². The van der Waals surface area contributed by atoms with Gasteiger partial charge in [0.05, 0.1) is 7.11 Å². The Bertz CT molecular complexity index is 212. The lowest BCUT2D eigenvalue weighted by atomic mass is 10.2. The van der Waals surface area contributed by atoms with Crippen LogP contribution in [0.2, 0.25) is 0 Å². The molecule has 0 saturated heterocycles. The van der Waals surface area contributed by atoms with Crippen molar-refractivity contribution in [3.8, 4) is 0 Å². The largest absolute Gasteiger partial charge is 0.466 e. The van der Waals surface area contributed by atoms with Crippen LogP contribution in [-0.4, -0.2) is 13.1 Å². The summed E-state index contributed by atoms with van der Waals surface area (Å²) in [7, 11) is 1.33. The van der Waals surface area contributed by atoms with Gasteiger partial charge in [-0.3, -0.25) is 0 Å². The Morgan fingerprint density at radius 2 is 1.77 bits per heavy atom. The van der Waals surface area contributed by atoms with Gasteiger partial charge in [-0.25, -0.2) is 4.79 Å². The number of methoxy groups -OCH3 is 1. The fourth-order valence-electron chi connectivity index (χ4n) is 0.716. The molecule has 0 aromatic carbocycles. The molecule has 0 fully saturated rings. The third-order valence-corrected chi connectivity index (χ3v) is 1.42. The molecule has 0 aromatic rings. The minimum Gasteiger partial charge on any atom is -0.466 e. The molecule has 0 radical (unpaired) electrons. The van der Waals surface area contributed by atoms with E-state index < -0.39 is 0 Å². The van der Waals surface area contributed by atoms with E-state index in [0.29, 0.717) is 5.57 Å². The molecule has 0 N–H and O–H groups in total. The molecule has 0 aromatic heterocycles. The van der Waals surface area contributed by atoms with Gasteiger partial charge in [0.2, 0.25) is 0 Å². The summed E-state index contributed by atoms with van der Waals surface area (Å²) in [6.45, 7) is 4.95. The van der Waals surface area contributed by atoms with Crippen LogP contribution in [0.1, 0.15) is 19.8 Å². The fraction of sp³-hybridized carbons (Fsp3) is 0.364. The zero-order valence-electron chi connectivity index (χ0n) is 8.25. The van der Waals surface area contributed by atoms with E-state index in [4.69, 9.17) is 0 Å². The Balaban J connectivity index is 0.000000223. The number of allylic oxidation sites excluding steroid dienone is 4. The predicted octanol–water partition coefficient (Wildman–Crippen LogP) is 2.63. The van der Waals surface area contributed by atoms with Crippen molar-refractivity contribution in [2.45, 2.75) is 19.8 Å². The van der Waals surface area contributed by atoms with E-state index >= 15 is 0 Å². The molecule has 0 bridgehead atoms. The molecule has 0 unspecified atom stereocenters. The Hall–Kier alpha value is -1.31. The van der Waals surface area contributed by atoms with Gasteiger partial charge in [-0.1, -0.05) is 30.9 Å². The molecule has 2 heteroatoms. The number of hydrogen-bond acceptors (Lipinski definition) is 2. The maximum absolute atomic E-state index is 10.2. The maximum Gasteiger partial charge on any atom is 0.332 e. The summed E-state index contributed by atoms with van der Waals surface area (Å²) in [4.78, 5) is 10.2. The summed E-state index contributed by atoms with van der Waals surface area (Å²) in [5, 5.41) is 0. The van der Waals surface area contributed by atoms with Gasteiger partial charge in [0.15, 0.2) is 0 Å². The standard InChI is InChI=1S/C6H8.C5H8O2/c1-2-4-6-5-3-1;1-4(2)5(6)7-3/h1-4H,5-6H2;1H2,2-3H3. The summed E-state index contributed by atoms with van der Waals surface area (Å²) < 4.78 is 4.27. The number of esters is 1. The van der Waals surface area contributed by atoms with Gasteiger partial charge in [0.1, 0.15) is 0 Å². The minimum atomic E-state index is -0.347. The Morgan fingerprint density at radius 1 is 1.31 bits per heavy atom. The SMILES string of the molecule is C1=CCCC=C1.C=C(C)C(=O)OC. The van der Waals surface area contributed by atoms with Crippen LogP contribution in [0.4, 0.5) is 0 Å². The van der Waals surface area contributed by atoms with Gasteiger partial charge in [-0.15, -0.1) is 0 Å². The summed E-state index contributed by atoms with van der Waals surface area (Å²) in [6.07, 6.45) is 11.0. The number of hydrogen-bond donors (Lipinski definition) is 0. The first-order chi connectivity index (χ1) is 6.18. The van der Waals surface area contributed by atoms with Crippen LogP contribution in [-0.2, 0) is 9.53 Å². The smallest absolute Gasteiger partial charge is 0.332 e. The van der Waals surface area contributed by atoms with Crippen molar-refractivity contribution in [2.24, 2.45) is 0 Å². The third kappa shape index (κ3) is 7.06. The van der Waals surface area contributed by atoms with Crippen molar-refractivity contribution in [1.82, 2.24) is 0 Å². The summed E-state index contributed by atoms with van der Waals surface area (Å²) in [5.74, 6) is -0.347. The van der Waals surface area contributed by atoms with Crippen LogP contribution in [0.15, 0.2) is 36.5 Å². The normalized spacial score (nSPS) is 12.8. The van der Waals surface area contributed by atoms with Gasteiger partial charge >= 0.3 is 5.97 Å². The lowest BCUT2D eigenvalue weighted by molar-refractivity contribution is -0.136. The van der Waals surface area contributed by atoms with Crippen molar-refractivity contribution in [3.05, 3.63) is 36.5 Å². The molecular weight excluding hydrogens is 164 g/mol. The maximum atomic E-state index is 10.2. The van der Waals surface area contributed by atoms with Crippen LogP contribution >= 0.6 is 0 Å². The summed E-state index contributed by atoms with van der Waals surface area (Å²) >= 11 is 0. The fourth-order valence-corrected chi connectivity index (χ4v) is 0.716. The molecule has 0 saturated carbocycles. The van der Waals surface area contributed by atoms with Crippen molar-refractivity contribution in [1.29, 1.82) is 0 Å². The van der Waals surface area contributed by atoms with Gasteiger partial charge in [0.25, 0.3) is 0 Å². The number of carbonyl (C=O) groups excluding carboxylic acids is 1. The molecule has 13 heavy (non-hydrogen) atoms. The molecule has 0 amide bonds. The van der Waals surface area contributed by atoms with Crippen LogP contribution < -0.4 is 0 Å². The van der Waals surface area contributed by atoms with E-state index in [1.807, 2.05) is 0 Å². The van der Waals surface area contributed by atoms with Crippen LogP contribution in [0, 0.1) is 0 Å². The number of ether oxygens (including phenoxy) is 1. The number of rotatable bonds is 1. The predicted molar refractivity (Wildman–Crippen MR) is 54.3 cm³/mol. The van der Waals surface area contributed by atoms with Gasteiger partial charge in [-0.05, 0) is 19.8 Å². The highest BCUT2D eigenvalue weighted by Crippen LogP contribution is 1.98. The highest BCUT2D eigenvalue weighted by Gasteiger charge is 1.95. The van der Waals surface area contributed by atoms with E-state index in [1.165, 1.54) is 20.0 Å². The minimum absolute atomic E-state index is 0.347. The quantitative estimate of drug-likeness (QED) is 0.458. The van der Waals surface area contributed by atoms with Crippen molar-refractivity contribution < 1.29 is 9.53 Å². The average Bonchev–Trinajstić information content (AvgIpc) is 2.20. The molecule has 1 aliphatic rings. The second-order valence-electron chi connectivity index (χ2n) is 2.71. The van der Waals surface area contributed by atoms with Crippen molar-refractivity contribution in [3.63, 3.8) is 0 Å². The average molecular weight is 180 g/mol. The van der Waals surface area contributed by atoms with E-state index in [1.54, 1.807) is 6.92 Å².